The number of likely N-dealkylation sites (tertiary alicyclic amines) is 1. The monoisotopic (exact) mass is 479 g/mol. The number of nitrogens with zero attached hydrogens (tertiary/aromatic N) is 2. The van der Waals surface area contributed by atoms with Gasteiger partial charge in [-0.3, -0.25) is 15.4 Å². The molecule has 0 aromatic carbocycles. The maximum atomic E-state index is 12.5. The van der Waals surface area contributed by atoms with Crippen molar-refractivity contribution in [2.45, 2.75) is 46.3 Å². The van der Waals surface area contributed by atoms with Crippen LogP contribution >= 0.6 is 12.6 Å². The van der Waals surface area contributed by atoms with Crippen LogP contribution in [0.15, 0.2) is 53.5 Å². The van der Waals surface area contributed by atoms with Gasteiger partial charge in [0.1, 0.15) is 13.4 Å². The van der Waals surface area contributed by atoms with Crippen molar-refractivity contribution in [3.8, 4) is 0 Å². The third kappa shape index (κ3) is 8.24. The molecule has 0 spiro atoms. The molecule has 1 heterocycles. The smallest absolute Gasteiger partial charge is 0.312 e. The highest BCUT2D eigenvalue weighted by molar-refractivity contribution is 7.80. The van der Waals surface area contributed by atoms with Crippen LogP contribution in [0.1, 0.15) is 40.0 Å². The first-order valence-electron chi connectivity index (χ1n) is 11.4. The number of thiol groups is 1. The molecule has 0 aromatic rings. The lowest BCUT2D eigenvalue weighted by atomic mass is 9.76. The molecule has 2 unspecified atom stereocenters. The van der Waals surface area contributed by atoms with Gasteiger partial charge in [0.05, 0.1) is 17.7 Å². The highest BCUT2D eigenvalue weighted by atomic mass is 32.1. The second-order valence-corrected chi connectivity index (χ2v) is 8.36. The molecule has 0 aliphatic carbocycles. The van der Waals surface area contributed by atoms with E-state index in [0.717, 1.165) is 36.1 Å². The van der Waals surface area contributed by atoms with Crippen molar-refractivity contribution in [2.75, 3.05) is 32.6 Å². The third-order valence-corrected chi connectivity index (χ3v) is 6.52. The highest BCUT2D eigenvalue weighted by Gasteiger charge is 2.41. The van der Waals surface area contributed by atoms with Crippen LogP contribution in [-0.4, -0.2) is 55.4 Å². The summed E-state index contributed by atoms with van der Waals surface area (Å²) in [4.78, 5) is 19.5. The molecule has 5 N–H and O–H groups in total. The molecule has 9 heteroatoms. The Bertz CT molecular complexity index is 755. The molecular weight excluding hydrogens is 438 g/mol. The van der Waals surface area contributed by atoms with Gasteiger partial charge in [0.2, 0.25) is 0 Å². The summed E-state index contributed by atoms with van der Waals surface area (Å²) >= 11 is 4.43. The van der Waals surface area contributed by atoms with Crippen molar-refractivity contribution in [2.24, 2.45) is 28.0 Å². The van der Waals surface area contributed by atoms with Crippen molar-refractivity contribution >= 4 is 24.3 Å². The van der Waals surface area contributed by atoms with E-state index in [9.17, 15) is 4.79 Å². The number of hydrogen-bond donors (Lipinski definition) is 4. The molecule has 0 saturated carbocycles. The van der Waals surface area contributed by atoms with E-state index in [1.165, 1.54) is 13.3 Å². The van der Waals surface area contributed by atoms with Gasteiger partial charge in [0, 0.05) is 31.0 Å². The van der Waals surface area contributed by atoms with E-state index in [1.807, 2.05) is 33.0 Å². The fourth-order valence-corrected chi connectivity index (χ4v) is 4.21. The molecule has 1 fully saturated rings. The second kappa shape index (κ2) is 14.8. The van der Waals surface area contributed by atoms with Gasteiger partial charge in [0.25, 0.3) is 0 Å². The van der Waals surface area contributed by atoms with Gasteiger partial charge >= 0.3 is 5.97 Å². The number of carbonyl (C=O) groups is 1. The van der Waals surface area contributed by atoms with Gasteiger partial charge in [-0.15, -0.1) is 0 Å². The Hall–Kier alpha value is -2.23. The van der Waals surface area contributed by atoms with Gasteiger partial charge < -0.3 is 20.6 Å². The van der Waals surface area contributed by atoms with Crippen LogP contribution in [0, 0.1) is 11.3 Å². The van der Waals surface area contributed by atoms with E-state index in [-0.39, 0.29) is 11.9 Å². The molecule has 186 valence electrons. The summed E-state index contributed by atoms with van der Waals surface area (Å²) in [5.74, 6) is 0.423. The molecular formula is C24H41N5O3S. The molecule has 33 heavy (non-hydrogen) atoms. The summed E-state index contributed by atoms with van der Waals surface area (Å²) < 4.78 is 5.32. The Morgan fingerprint density at radius 2 is 2.00 bits per heavy atom. The largest absolute Gasteiger partial charge is 0.466 e. The predicted octanol–water partition coefficient (Wildman–Crippen LogP) is 2.91. The van der Waals surface area contributed by atoms with Gasteiger partial charge in [-0.25, -0.2) is 0 Å². The van der Waals surface area contributed by atoms with Crippen LogP contribution in [0.2, 0.25) is 0 Å². The first kappa shape index (κ1) is 28.8. The standard InChI is InChI=1S/C24H41N5O3S/c1-6-19(20(9-12-25)15-21(17-33)18(4)28-31-5)16-27-23(26)29-13-10-24(7-2,11-14-29)22(30)32-8-3/h6,9,12,15-16,21,23,27,33H,1,7-8,10-11,13-14,17,25-26H2,2-5H3/b12-9+,19-16+,20-15+,28-18+. The summed E-state index contributed by atoms with van der Waals surface area (Å²) in [6, 6.07) is 0. The van der Waals surface area contributed by atoms with Crippen molar-refractivity contribution in [1.82, 2.24) is 10.2 Å². The zero-order valence-corrected chi connectivity index (χ0v) is 21.3. The molecule has 1 rings (SSSR count). The molecule has 0 aromatic heterocycles. The first-order chi connectivity index (χ1) is 15.8. The van der Waals surface area contributed by atoms with Crippen LogP contribution in [0.3, 0.4) is 0 Å². The SMILES string of the molecule is C=CC(=C\NC(N)N1CCC(CC)(C(=O)OCC)CC1)/C(/C=C/N)=C/C(CS)/C(C)=N/OC. The van der Waals surface area contributed by atoms with Crippen LogP contribution in [0.4, 0.5) is 0 Å². The van der Waals surface area contributed by atoms with Gasteiger partial charge in [-0.2, -0.15) is 12.6 Å². The lowest BCUT2D eigenvalue weighted by Crippen LogP contribution is -2.55. The number of nitrogens with one attached hydrogen (secondary N) is 1. The normalized spacial score (nSPS) is 19.8. The highest BCUT2D eigenvalue weighted by Crippen LogP contribution is 2.36. The number of allylic oxidation sites excluding steroid dienone is 5. The number of carbonyl (C=O) groups excluding carboxylic acids is 1. The molecule has 2 atom stereocenters. The van der Waals surface area contributed by atoms with E-state index in [0.29, 0.717) is 25.4 Å². The Morgan fingerprint density at radius 3 is 2.48 bits per heavy atom. The van der Waals surface area contributed by atoms with E-state index < -0.39 is 11.7 Å². The molecule has 1 saturated heterocycles. The summed E-state index contributed by atoms with van der Waals surface area (Å²) in [6.45, 7) is 11.5. The summed E-state index contributed by atoms with van der Waals surface area (Å²) in [5.41, 5.74) is 14.2. The van der Waals surface area contributed by atoms with Crippen LogP contribution < -0.4 is 16.8 Å². The van der Waals surface area contributed by atoms with Crippen LogP contribution in [-0.2, 0) is 14.4 Å². The quantitative estimate of drug-likeness (QED) is 0.0802. The summed E-state index contributed by atoms with van der Waals surface area (Å²) in [6.07, 6.45) is 10.7. The maximum Gasteiger partial charge on any atom is 0.312 e. The Morgan fingerprint density at radius 1 is 1.33 bits per heavy atom. The summed E-state index contributed by atoms with van der Waals surface area (Å²) in [7, 11) is 1.52. The number of ether oxygens (including phenoxy) is 1. The van der Waals surface area contributed by atoms with E-state index in [2.05, 4.69) is 34.6 Å². The van der Waals surface area contributed by atoms with Gasteiger partial charge in [-0.1, -0.05) is 30.8 Å². The minimum Gasteiger partial charge on any atom is -0.466 e. The fraction of sp³-hybridized carbons (Fsp3) is 0.583. The zero-order valence-electron chi connectivity index (χ0n) is 20.4. The van der Waals surface area contributed by atoms with Crippen molar-refractivity contribution in [3.05, 3.63) is 48.4 Å². The molecule has 0 bridgehead atoms. The van der Waals surface area contributed by atoms with Gasteiger partial charge in [0.15, 0.2) is 0 Å². The Labute approximate surface area is 204 Å². The lowest BCUT2D eigenvalue weighted by Gasteiger charge is -2.41. The Kier molecular flexibility index (Phi) is 12.9. The molecule has 1 aliphatic rings. The van der Waals surface area contributed by atoms with Gasteiger partial charge in [-0.05, 0) is 56.5 Å². The lowest BCUT2D eigenvalue weighted by molar-refractivity contribution is -0.159. The van der Waals surface area contributed by atoms with E-state index in [1.54, 1.807) is 12.2 Å². The second-order valence-electron chi connectivity index (χ2n) is 7.99. The predicted molar refractivity (Wildman–Crippen MR) is 138 cm³/mol. The fourth-order valence-electron chi connectivity index (χ4n) is 3.84. The number of nitrogens with two attached hydrogens (primary N) is 2. The average Bonchev–Trinajstić information content (AvgIpc) is 2.82. The minimum atomic E-state index is -0.417. The van der Waals surface area contributed by atoms with Crippen molar-refractivity contribution in [1.29, 1.82) is 0 Å². The minimum absolute atomic E-state index is 0.0383. The molecule has 8 nitrogen and oxygen atoms in total. The maximum absolute atomic E-state index is 12.5. The van der Waals surface area contributed by atoms with Crippen molar-refractivity contribution < 1.29 is 14.4 Å². The summed E-state index contributed by atoms with van der Waals surface area (Å²) in [5, 5.41) is 7.27. The average molecular weight is 480 g/mol. The van der Waals surface area contributed by atoms with E-state index in [4.69, 9.17) is 21.0 Å². The van der Waals surface area contributed by atoms with Crippen molar-refractivity contribution in [3.63, 3.8) is 0 Å². The number of oxime groups is 1. The zero-order chi connectivity index (χ0) is 24.9. The topological polar surface area (TPSA) is 115 Å². The number of piperidine rings is 1. The first-order valence-corrected chi connectivity index (χ1v) is 12.0. The molecule has 1 aliphatic heterocycles. The van der Waals surface area contributed by atoms with Crippen LogP contribution in [0.25, 0.3) is 0 Å². The van der Waals surface area contributed by atoms with E-state index >= 15 is 0 Å². The third-order valence-electron chi connectivity index (χ3n) is 6.12. The number of hydrogen-bond acceptors (Lipinski definition) is 9. The number of esters is 1. The molecule has 0 radical (unpaired) electrons. The van der Waals surface area contributed by atoms with Crippen LogP contribution in [0.5, 0.6) is 0 Å². The Balaban J connectivity index is 2.94. The number of rotatable bonds is 13. The molecule has 0 amide bonds.